The van der Waals surface area contributed by atoms with Gasteiger partial charge in [-0.2, -0.15) is 0 Å². The van der Waals surface area contributed by atoms with Gasteiger partial charge in [-0.3, -0.25) is 4.79 Å². The molecule has 6 heteroatoms. The van der Waals surface area contributed by atoms with E-state index in [4.69, 9.17) is 4.74 Å². The standard InChI is InChI=1S/C16H22N2O2S2/c1-20-16(5-7-17-8-6-16)15(19)18-13-4-2-3-12(11-13)14-21-9-10-22-14/h2-4,11,14,17H,5-10H2,1H3,(H,18,19). The van der Waals surface area contributed by atoms with Crippen molar-refractivity contribution in [1.29, 1.82) is 0 Å². The van der Waals surface area contributed by atoms with Crippen LogP contribution in [0.4, 0.5) is 5.69 Å². The molecule has 120 valence electrons. The van der Waals surface area contributed by atoms with Crippen LogP contribution in [0, 0.1) is 0 Å². The Morgan fingerprint density at radius 2 is 2.05 bits per heavy atom. The topological polar surface area (TPSA) is 50.4 Å². The average Bonchev–Trinajstić information content (AvgIpc) is 3.10. The molecule has 2 fully saturated rings. The molecular weight excluding hydrogens is 316 g/mol. The summed E-state index contributed by atoms with van der Waals surface area (Å²) in [4.78, 5) is 12.7. The summed E-state index contributed by atoms with van der Waals surface area (Å²) >= 11 is 3.94. The third kappa shape index (κ3) is 3.45. The smallest absolute Gasteiger partial charge is 0.256 e. The summed E-state index contributed by atoms with van der Waals surface area (Å²) in [5, 5.41) is 6.33. The van der Waals surface area contributed by atoms with Crippen molar-refractivity contribution in [3.8, 4) is 0 Å². The number of anilines is 1. The van der Waals surface area contributed by atoms with Crippen LogP contribution < -0.4 is 10.6 Å². The fourth-order valence-electron chi connectivity index (χ4n) is 2.91. The van der Waals surface area contributed by atoms with Gasteiger partial charge in [0.15, 0.2) is 0 Å². The fraction of sp³-hybridized carbons (Fsp3) is 0.562. The molecule has 0 atom stereocenters. The number of hydrogen-bond acceptors (Lipinski definition) is 5. The van der Waals surface area contributed by atoms with Crippen LogP contribution in [0.1, 0.15) is 23.0 Å². The van der Waals surface area contributed by atoms with Gasteiger partial charge in [-0.05, 0) is 43.6 Å². The summed E-state index contributed by atoms with van der Waals surface area (Å²) in [6.45, 7) is 1.63. The first-order valence-corrected chi connectivity index (χ1v) is 9.74. The highest BCUT2D eigenvalue weighted by Gasteiger charge is 2.39. The molecule has 0 aliphatic carbocycles. The van der Waals surface area contributed by atoms with E-state index in [9.17, 15) is 4.79 Å². The first kappa shape index (κ1) is 16.2. The minimum atomic E-state index is -0.696. The van der Waals surface area contributed by atoms with Crippen LogP contribution in [-0.4, -0.2) is 43.2 Å². The van der Waals surface area contributed by atoms with Crippen LogP contribution >= 0.6 is 23.5 Å². The molecule has 22 heavy (non-hydrogen) atoms. The quantitative estimate of drug-likeness (QED) is 0.884. The van der Waals surface area contributed by atoms with E-state index in [1.165, 1.54) is 17.1 Å². The Balaban J connectivity index is 1.71. The second-order valence-electron chi connectivity index (χ2n) is 5.60. The Labute approximate surface area is 140 Å². The van der Waals surface area contributed by atoms with Gasteiger partial charge in [0.25, 0.3) is 5.91 Å². The van der Waals surface area contributed by atoms with E-state index in [0.717, 1.165) is 18.8 Å². The second-order valence-corrected chi connectivity index (χ2v) is 8.33. The van der Waals surface area contributed by atoms with Crippen molar-refractivity contribution >= 4 is 35.1 Å². The van der Waals surface area contributed by atoms with Gasteiger partial charge in [-0.25, -0.2) is 0 Å². The number of thioether (sulfide) groups is 2. The number of benzene rings is 1. The lowest BCUT2D eigenvalue weighted by atomic mass is 9.91. The molecule has 1 aromatic rings. The van der Waals surface area contributed by atoms with E-state index in [1.807, 2.05) is 35.7 Å². The zero-order valence-corrected chi connectivity index (χ0v) is 14.4. The monoisotopic (exact) mass is 338 g/mol. The van der Waals surface area contributed by atoms with Crippen molar-refractivity contribution in [2.24, 2.45) is 0 Å². The summed E-state index contributed by atoms with van der Waals surface area (Å²) in [5.74, 6) is 2.37. The predicted octanol–water partition coefficient (Wildman–Crippen LogP) is 2.87. The Morgan fingerprint density at radius 3 is 2.73 bits per heavy atom. The van der Waals surface area contributed by atoms with Crippen molar-refractivity contribution in [2.45, 2.75) is 23.0 Å². The number of nitrogens with one attached hydrogen (secondary N) is 2. The van der Waals surface area contributed by atoms with Crippen LogP contribution in [0.2, 0.25) is 0 Å². The molecule has 0 bridgehead atoms. The molecule has 3 rings (SSSR count). The third-order valence-corrected chi connectivity index (χ3v) is 7.36. The minimum Gasteiger partial charge on any atom is -0.368 e. The van der Waals surface area contributed by atoms with Gasteiger partial charge in [0.05, 0.1) is 4.58 Å². The van der Waals surface area contributed by atoms with Crippen molar-refractivity contribution in [3.05, 3.63) is 29.8 Å². The molecule has 1 aromatic carbocycles. The van der Waals surface area contributed by atoms with E-state index >= 15 is 0 Å². The molecule has 0 aromatic heterocycles. The normalized spacial score (nSPS) is 21.7. The first-order valence-electron chi connectivity index (χ1n) is 7.64. The lowest BCUT2D eigenvalue weighted by molar-refractivity contribution is -0.140. The molecule has 1 amide bonds. The Bertz CT molecular complexity index is 527. The third-order valence-electron chi connectivity index (χ3n) is 4.25. The number of rotatable bonds is 4. The number of methoxy groups -OCH3 is 1. The van der Waals surface area contributed by atoms with E-state index < -0.39 is 5.60 Å². The number of hydrogen-bond donors (Lipinski definition) is 2. The second kappa shape index (κ2) is 7.25. The Kier molecular flexibility index (Phi) is 5.33. The first-order chi connectivity index (χ1) is 10.7. The largest absolute Gasteiger partial charge is 0.368 e. The zero-order valence-electron chi connectivity index (χ0n) is 12.8. The van der Waals surface area contributed by atoms with Crippen molar-refractivity contribution in [1.82, 2.24) is 5.32 Å². The maximum atomic E-state index is 12.7. The number of piperidine rings is 1. The molecule has 2 aliphatic rings. The van der Waals surface area contributed by atoms with Gasteiger partial charge in [-0.1, -0.05) is 12.1 Å². The van der Waals surface area contributed by atoms with Crippen LogP contribution in [0.15, 0.2) is 24.3 Å². The maximum absolute atomic E-state index is 12.7. The summed E-state index contributed by atoms with van der Waals surface area (Å²) < 4.78 is 6.08. The van der Waals surface area contributed by atoms with Gasteiger partial charge >= 0.3 is 0 Å². The average molecular weight is 338 g/mol. The van der Waals surface area contributed by atoms with Gasteiger partial charge in [0.2, 0.25) is 0 Å². The van der Waals surface area contributed by atoms with Crippen LogP contribution in [-0.2, 0) is 9.53 Å². The highest BCUT2D eigenvalue weighted by molar-refractivity contribution is 8.19. The highest BCUT2D eigenvalue weighted by Crippen LogP contribution is 2.45. The highest BCUT2D eigenvalue weighted by atomic mass is 32.2. The summed E-state index contributed by atoms with van der Waals surface area (Å²) in [7, 11) is 1.63. The fourth-order valence-corrected chi connectivity index (χ4v) is 5.75. The van der Waals surface area contributed by atoms with Gasteiger partial charge in [0.1, 0.15) is 5.60 Å². The van der Waals surface area contributed by atoms with E-state index in [-0.39, 0.29) is 5.91 Å². The molecule has 4 nitrogen and oxygen atoms in total. The SMILES string of the molecule is COC1(C(=O)Nc2cccc(C3SCCS3)c2)CCNCC1. The summed E-state index contributed by atoms with van der Waals surface area (Å²) in [6.07, 6.45) is 1.42. The number of amides is 1. The summed E-state index contributed by atoms with van der Waals surface area (Å²) in [6, 6.07) is 8.21. The van der Waals surface area contributed by atoms with Crippen molar-refractivity contribution in [2.75, 3.05) is 37.0 Å². The predicted molar refractivity (Wildman–Crippen MR) is 94.6 cm³/mol. The lowest BCUT2D eigenvalue weighted by Crippen LogP contribution is -2.51. The Hall–Kier alpha value is -0.690. The molecule has 0 radical (unpaired) electrons. The molecule has 2 N–H and O–H groups in total. The van der Waals surface area contributed by atoms with Crippen LogP contribution in [0.5, 0.6) is 0 Å². The van der Waals surface area contributed by atoms with Crippen molar-refractivity contribution in [3.63, 3.8) is 0 Å². The number of carbonyl (C=O) groups is 1. The minimum absolute atomic E-state index is 0.0274. The molecule has 0 unspecified atom stereocenters. The maximum Gasteiger partial charge on any atom is 0.256 e. The van der Waals surface area contributed by atoms with Gasteiger partial charge in [0, 0.05) is 24.3 Å². The molecule has 0 saturated carbocycles. The van der Waals surface area contributed by atoms with E-state index in [0.29, 0.717) is 17.4 Å². The number of ether oxygens (including phenoxy) is 1. The van der Waals surface area contributed by atoms with Gasteiger partial charge < -0.3 is 15.4 Å². The Morgan fingerprint density at radius 1 is 1.32 bits per heavy atom. The molecule has 2 heterocycles. The van der Waals surface area contributed by atoms with Crippen LogP contribution in [0.3, 0.4) is 0 Å². The van der Waals surface area contributed by atoms with Gasteiger partial charge in [-0.15, -0.1) is 23.5 Å². The summed E-state index contributed by atoms with van der Waals surface area (Å²) in [5.41, 5.74) is 1.45. The van der Waals surface area contributed by atoms with E-state index in [2.05, 4.69) is 22.8 Å². The number of carbonyl (C=O) groups excluding carboxylic acids is 1. The lowest BCUT2D eigenvalue weighted by Gasteiger charge is -2.34. The molecule has 2 aliphatic heterocycles. The molecule has 2 saturated heterocycles. The van der Waals surface area contributed by atoms with Crippen molar-refractivity contribution < 1.29 is 9.53 Å². The molecular formula is C16H22N2O2S2. The van der Waals surface area contributed by atoms with Crippen LogP contribution in [0.25, 0.3) is 0 Å². The zero-order chi connectivity index (χ0) is 15.4. The van der Waals surface area contributed by atoms with E-state index in [1.54, 1.807) is 7.11 Å². The molecule has 0 spiro atoms.